The highest BCUT2D eigenvalue weighted by atomic mass is 32.2. The van der Waals surface area contributed by atoms with E-state index in [-0.39, 0.29) is 23.4 Å². The molecule has 0 heterocycles. The van der Waals surface area contributed by atoms with Crippen molar-refractivity contribution in [3.8, 4) is 0 Å². The van der Waals surface area contributed by atoms with Crippen molar-refractivity contribution >= 4 is 10.0 Å². The maximum atomic E-state index is 13.2. The minimum atomic E-state index is -3.71. The van der Waals surface area contributed by atoms with Gasteiger partial charge < -0.3 is 5.11 Å². The molecule has 2 aromatic carbocycles. The number of halogens is 1. The molecule has 6 heteroatoms. The second kappa shape index (κ2) is 7.00. The van der Waals surface area contributed by atoms with Gasteiger partial charge in [0.05, 0.1) is 11.0 Å². The normalized spacial score (nSPS) is 13.0. The van der Waals surface area contributed by atoms with Crippen molar-refractivity contribution in [2.45, 2.75) is 24.3 Å². The number of hydrogen-bond donors (Lipinski definition) is 2. The molecule has 2 rings (SSSR count). The van der Waals surface area contributed by atoms with Crippen LogP contribution in [0.25, 0.3) is 0 Å². The fraction of sp³-hybridized carbons (Fsp3) is 0.250. The molecule has 0 aliphatic heterocycles. The van der Waals surface area contributed by atoms with Crippen LogP contribution in [0.4, 0.5) is 4.39 Å². The standard InChI is InChI=1S/C16H18FNO3S/c1-12-11-14(7-8-15(12)17)22(20,21)18-10-9-16(19)13-5-3-2-4-6-13/h2-8,11,16,18-19H,9-10H2,1H3/t16-/m0/s1. The van der Waals surface area contributed by atoms with Gasteiger partial charge in [0, 0.05) is 6.54 Å². The summed E-state index contributed by atoms with van der Waals surface area (Å²) in [5.74, 6) is -0.446. The Labute approximate surface area is 129 Å². The monoisotopic (exact) mass is 323 g/mol. The average Bonchev–Trinajstić information content (AvgIpc) is 2.50. The van der Waals surface area contributed by atoms with Crippen LogP contribution in [0.15, 0.2) is 53.4 Å². The molecule has 1 atom stereocenters. The average molecular weight is 323 g/mol. The van der Waals surface area contributed by atoms with Crippen LogP contribution >= 0.6 is 0 Å². The number of hydrogen-bond acceptors (Lipinski definition) is 3. The number of benzene rings is 2. The summed E-state index contributed by atoms with van der Waals surface area (Å²) >= 11 is 0. The molecule has 0 fully saturated rings. The lowest BCUT2D eigenvalue weighted by atomic mass is 10.1. The summed E-state index contributed by atoms with van der Waals surface area (Å²) in [4.78, 5) is 0.0144. The molecule has 4 nitrogen and oxygen atoms in total. The zero-order valence-corrected chi connectivity index (χ0v) is 13.0. The molecule has 0 saturated carbocycles. The van der Waals surface area contributed by atoms with Gasteiger partial charge in [0.1, 0.15) is 5.82 Å². The first-order valence-electron chi connectivity index (χ1n) is 6.89. The highest BCUT2D eigenvalue weighted by Crippen LogP contribution is 2.17. The maximum absolute atomic E-state index is 13.2. The van der Waals surface area contributed by atoms with Crippen molar-refractivity contribution in [2.75, 3.05) is 6.54 Å². The minimum Gasteiger partial charge on any atom is -0.388 e. The summed E-state index contributed by atoms with van der Waals surface area (Å²) in [5, 5.41) is 9.98. The van der Waals surface area contributed by atoms with E-state index in [1.165, 1.54) is 19.1 Å². The molecule has 22 heavy (non-hydrogen) atoms. The van der Waals surface area contributed by atoms with E-state index < -0.39 is 21.9 Å². The minimum absolute atomic E-state index is 0.0144. The topological polar surface area (TPSA) is 66.4 Å². The molecular formula is C16H18FNO3S. The SMILES string of the molecule is Cc1cc(S(=O)(=O)NCC[C@H](O)c2ccccc2)ccc1F. The molecule has 2 aromatic rings. The van der Waals surface area contributed by atoms with E-state index in [4.69, 9.17) is 0 Å². The predicted octanol–water partition coefficient (Wildman–Crippen LogP) is 2.54. The number of nitrogens with one attached hydrogen (secondary N) is 1. The van der Waals surface area contributed by atoms with Crippen LogP contribution in [0.3, 0.4) is 0 Å². The van der Waals surface area contributed by atoms with E-state index in [1.54, 1.807) is 12.1 Å². The lowest BCUT2D eigenvalue weighted by molar-refractivity contribution is 0.169. The van der Waals surface area contributed by atoms with E-state index in [2.05, 4.69) is 4.72 Å². The Morgan fingerprint density at radius 3 is 2.50 bits per heavy atom. The molecule has 0 saturated heterocycles. The summed E-state index contributed by atoms with van der Waals surface area (Å²) in [5.41, 5.74) is 1.01. The van der Waals surface area contributed by atoms with Crippen molar-refractivity contribution in [3.05, 3.63) is 65.5 Å². The first kappa shape index (κ1) is 16.6. The molecule has 0 amide bonds. The Kier molecular flexibility index (Phi) is 5.28. The lowest BCUT2D eigenvalue weighted by Gasteiger charge is -2.12. The third-order valence-corrected chi connectivity index (χ3v) is 4.79. The van der Waals surface area contributed by atoms with Crippen molar-refractivity contribution in [1.82, 2.24) is 4.72 Å². The fourth-order valence-electron chi connectivity index (χ4n) is 2.04. The molecule has 0 aromatic heterocycles. The van der Waals surface area contributed by atoms with Gasteiger partial charge in [0.15, 0.2) is 0 Å². The van der Waals surface area contributed by atoms with E-state index in [0.29, 0.717) is 0 Å². The van der Waals surface area contributed by atoms with Crippen LogP contribution in [0.5, 0.6) is 0 Å². The lowest BCUT2D eigenvalue weighted by Crippen LogP contribution is -2.26. The van der Waals surface area contributed by atoms with Gasteiger partial charge in [-0.2, -0.15) is 0 Å². The van der Waals surface area contributed by atoms with Gasteiger partial charge in [-0.3, -0.25) is 0 Å². The molecule has 0 bridgehead atoms. The molecular weight excluding hydrogens is 305 g/mol. The number of aryl methyl sites for hydroxylation is 1. The Balaban J connectivity index is 1.97. The smallest absolute Gasteiger partial charge is 0.240 e. The predicted molar refractivity (Wildman–Crippen MR) is 82.3 cm³/mol. The third kappa shape index (κ3) is 4.13. The van der Waals surface area contributed by atoms with Gasteiger partial charge in [-0.15, -0.1) is 0 Å². The van der Waals surface area contributed by atoms with Gasteiger partial charge in [-0.1, -0.05) is 30.3 Å². The molecule has 0 radical (unpaired) electrons. The summed E-state index contributed by atoms with van der Waals surface area (Å²) in [7, 11) is -3.71. The van der Waals surface area contributed by atoms with Crippen LogP contribution < -0.4 is 4.72 Å². The van der Waals surface area contributed by atoms with Gasteiger partial charge in [0.2, 0.25) is 10.0 Å². The second-order valence-electron chi connectivity index (χ2n) is 5.02. The van der Waals surface area contributed by atoms with Gasteiger partial charge in [0.25, 0.3) is 0 Å². The second-order valence-corrected chi connectivity index (χ2v) is 6.79. The van der Waals surface area contributed by atoms with Crippen LogP contribution in [0, 0.1) is 12.7 Å². The van der Waals surface area contributed by atoms with Crippen molar-refractivity contribution in [2.24, 2.45) is 0 Å². The first-order valence-corrected chi connectivity index (χ1v) is 8.37. The number of aliphatic hydroxyl groups excluding tert-OH is 1. The Hall–Kier alpha value is -1.76. The molecule has 2 N–H and O–H groups in total. The van der Waals surface area contributed by atoms with E-state index in [1.807, 2.05) is 18.2 Å². The first-order chi connectivity index (χ1) is 10.4. The zero-order valence-electron chi connectivity index (χ0n) is 12.2. The summed E-state index contributed by atoms with van der Waals surface area (Å²) < 4.78 is 39.8. The largest absolute Gasteiger partial charge is 0.388 e. The van der Waals surface area contributed by atoms with Crippen LogP contribution in [-0.4, -0.2) is 20.1 Å². The quantitative estimate of drug-likeness (QED) is 0.858. The van der Waals surface area contributed by atoms with Crippen LogP contribution in [0.2, 0.25) is 0 Å². The summed E-state index contributed by atoms with van der Waals surface area (Å²) in [6.07, 6.45) is -0.484. The third-order valence-electron chi connectivity index (χ3n) is 3.33. The molecule has 118 valence electrons. The highest BCUT2D eigenvalue weighted by molar-refractivity contribution is 7.89. The molecule has 0 unspecified atom stereocenters. The Morgan fingerprint density at radius 1 is 1.18 bits per heavy atom. The Morgan fingerprint density at radius 2 is 1.86 bits per heavy atom. The van der Waals surface area contributed by atoms with Crippen LogP contribution in [-0.2, 0) is 10.0 Å². The number of aliphatic hydroxyl groups is 1. The van der Waals surface area contributed by atoms with E-state index in [9.17, 15) is 17.9 Å². The van der Waals surface area contributed by atoms with E-state index >= 15 is 0 Å². The summed E-state index contributed by atoms with van der Waals surface area (Å²) in [6.45, 7) is 1.60. The van der Waals surface area contributed by atoms with Crippen molar-refractivity contribution in [3.63, 3.8) is 0 Å². The van der Waals surface area contributed by atoms with Gasteiger partial charge in [-0.05, 0) is 42.7 Å². The number of sulfonamides is 1. The van der Waals surface area contributed by atoms with Crippen molar-refractivity contribution in [1.29, 1.82) is 0 Å². The number of rotatable bonds is 6. The Bertz CT molecular complexity index is 732. The van der Waals surface area contributed by atoms with Crippen molar-refractivity contribution < 1.29 is 17.9 Å². The zero-order chi connectivity index (χ0) is 16.2. The molecule has 0 aliphatic rings. The van der Waals surface area contributed by atoms with Crippen LogP contribution in [0.1, 0.15) is 23.7 Å². The maximum Gasteiger partial charge on any atom is 0.240 e. The van der Waals surface area contributed by atoms with E-state index in [0.717, 1.165) is 11.6 Å². The van der Waals surface area contributed by atoms with Gasteiger partial charge >= 0.3 is 0 Å². The molecule has 0 spiro atoms. The fourth-order valence-corrected chi connectivity index (χ4v) is 3.17. The highest BCUT2D eigenvalue weighted by Gasteiger charge is 2.16. The molecule has 0 aliphatic carbocycles. The van der Waals surface area contributed by atoms with Gasteiger partial charge in [-0.25, -0.2) is 17.5 Å². The summed E-state index contributed by atoms with van der Waals surface area (Å²) in [6, 6.07) is 12.7.